The van der Waals surface area contributed by atoms with Crippen LogP contribution in [0.3, 0.4) is 0 Å². The van der Waals surface area contributed by atoms with Gasteiger partial charge in [-0.05, 0) is 56.2 Å². The fourth-order valence-corrected chi connectivity index (χ4v) is 5.63. The van der Waals surface area contributed by atoms with Gasteiger partial charge in [-0.3, -0.25) is 9.78 Å². The molecule has 0 radical (unpaired) electrons. The predicted octanol–water partition coefficient (Wildman–Crippen LogP) is 4.82. The van der Waals surface area contributed by atoms with Crippen molar-refractivity contribution in [3.63, 3.8) is 0 Å². The van der Waals surface area contributed by atoms with Gasteiger partial charge >= 0.3 is 5.69 Å². The highest BCUT2D eigenvalue weighted by Gasteiger charge is 2.30. The minimum absolute atomic E-state index is 0.00639. The first-order chi connectivity index (χ1) is 19.7. The second-order valence-electron chi connectivity index (χ2n) is 10.1. The smallest absolute Gasteiger partial charge is 0.355 e. The summed E-state index contributed by atoms with van der Waals surface area (Å²) in [6, 6.07) is 7.15. The van der Waals surface area contributed by atoms with Gasteiger partial charge in [0.1, 0.15) is 17.4 Å². The van der Waals surface area contributed by atoms with Crippen molar-refractivity contribution in [2.45, 2.75) is 39.7 Å². The molecule has 1 fully saturated rings. The van der Waals surface area contributed by atoms with Gasteiger partial charge in [-0.2, -0.15) is 4.98 Å². The second kappa shape index (κ2) is 11.3. The predicted molar refractivity (Wildman–Crippen MR) is 157 cm³/mol. The van der Waals surface area contributed by atoms with E-state index in [1.807, 2.05) is 25.7 Å². The van der Waals surface area contributed by atoms with Gasteiger partial charge in [0.25, 0.3) is 0 Å². The van der Waals surface area contributed by atoms with E-state index in [-0.39, 0.29) is 39.6 Å². The average molecular weight is 577 g/mol. The zero-order valence-corrected chi connectivity index (χ0v) is 23.8. The first-order valence-electron chi connectivity index (χ1n) is 13.4. The van der Waals surface area contributed by atoms with Crippen molar-refractivity contribution in [2.75, 3.05) is 24.5 Å². The molecule has 4 heterocycles. The summed E-state index contributed by atoms with van der Waals surface area (Å²) in [7, 11) is 0. The van der Waals surface area contributed by atoms with E-state index >= 15 is 4.39 Å². The summed E-state index contributed by atoms with van der Waals surface area (Å²) in [4.78, 5) is 43.6. The quantitative estimate of drug-likeness (QED) is 0.328. The number of hydrogen-bond acceptors (Lipinski definition) is 7. The number of halogens is 2. The molecule has 1 aromatic carbocycles. The van der Waals surface area contributed by atoms with Crippen LogP contribution in [0.5, 0.6) is 5.75 Å². The van der Waals surface area contributed by atoms with E-state index in [0.29, 0.717) is 48.6 Å². The van der Waals surface area contributed by atoms with Gasteiger partial charge < -0.3 is 14.9 Å². The lowest BCUT2D eigenvalue weighted by Gasteiger charge is -2.40. The molecule has 1 atom stereocenters. The Morgan fingerprint density at radius 1 is 1.27 bits per heavy atom. The SMILES string of the molecule is C=CC(=O)N1CCN(c2nc(=O)n(-c3c(C)ccnc3CCC)c3nc(-c4c(O)cccc4F)c(Cl)cc23)[C@@H](C)C1. The number of carbonyl (C=O) groups is 1. The van der Waals surface area contributed by atoms with Crippen LogP contribution < -0.4 is 10.6 Å². The number of aryl methyl sites for hydroxylation is 2. The Balaban J connectivity index is 1.82. The van der Waals surface area contributed by atoms with Crippen molar-refractivity contribution >= 4 is 34.4 Å². The Morgan fingerprint density at radius 2 is 2.05 bits per heavy atom. The van der Waals surface area contributed by atoms with E-state index < -0.39 is 11.5 Å². The van der Waals surface area contributed by atoms with Crippen molar-refractivity contribution in [1.82, 2.24) is 24.4 Å². The van der Waals surface area contributed by atoms with Crippen LogP contribution in [-0.2, 0) is 11.2 Å². The number of amides is 1. The summed E-state index contributed by atoms with van der Waals surface area (Å²) in [6.07, 6.45) is 4.38. The Kier molecular flexibility index (Phi) is 7.77. The van der Waals surface area contributed by atoms with Crippen LogP contribution in [-0.4, -0.2) is 61.1 Å². The van der Waals surface area contributed by atoms with Gasteiger partial charge in [0.05, 0.1) is 33.0 Å². The van der Waals surface area contributed by atoms with Gasteiger partial charge in [-0.25, -0.2) is 18.7 Å². The fraction of sp³-hybridized carbons (Fsp3) is 0.300. The van der Waals surface area contributed by atoms with Gasteiger partial charge in [-0.15, -0.1) is 0 Å². The van der Waals surface area contributed by atoms with Crippen LogP contribution in [0.1, 0.15) is 31.5 Å². The molecule has 1 aliphatic heterocycles. The number of piperazine rings is 1. The summed E-state index contributed by atoms with van der Waals surface area (Å²) >= 11 is 6.71. The lowest BCUT2D eigenvalue weighted by atomic mass is 10.1. The lowest BCUT2D eigenvalue weighted by molar-refractivity contribution is -0.126. The minimum Gasteiger partial charge on any atom is -0.507 e. The molecule has 11 heteroatoms. The maximum Gasteiger partial charge on any atom is 0.355 e. The number of fused-ring (bicyclic) bond motifs is 1. The highest BCUT2D eigenvalue weighted by Crippen LogP contribution is 2.39. The Hall–Kier alpha value is -4.31. The van der Waals surface area contributed by atoms with Crippen LogP contribution in [0.15, 0.2) is 54.0 Å². The molecule has 5 rings (SSSR count). The molecular formula is C30H30ClFN6O3. The number of aromatic hydroxyl groups is 1. The summed E-state index contributed by atoms with van der Waals surface area (Å²) in [6.45, 7) is 10.6. The molecule has 0 saturated carbocycles. The third-order valence-electron chi connectivity index (χ3n) is 7.33. The highest BCUT2D eigenvalue weighted by molar-refractivity contribution is 6.34. The molecule has 1 aliphatic rings. The second-order valence-corrected chi connectivity index (χ2v) is 10.5. The minimum atomic E-state index is -0.706. The maximum atomic E-state index is 15.0. The Labute approximate surface area is 241 Å². The van der Waals surface area contributed by atoms with Gasteiger partial charge in [0, 0.05) is 31.9 Å². The number of phenolic OH excluding ortho intramolecular Hbond substituents is 1. The molecular weight excluding hydrogens is 547 g/mol. The monoisotopic (exact) mass is 576 g/mol. The third-order valence-corrected chi connectivity index (χ3v) is 7.62. The van der Waals surface area contributed by atoms with E-state index in [4.69, 9.17) is 16.6 Å². The molecule has 1 N–H and O–H groups in total. The standard InChI is InChI=1S/C30H30ClFN6O3/c1-5-8-22-27(17(3)11-12-33-22)38-29-19(15-20(31)26(34-29)25-21(32)9-7-10-23(25)39)28(35-30(38)41)37-14-13-36(16-18(37)4)24(40)6-2/h6-7,9-12,15,18,39H,2,5,8,13-14,16H2,1,3-4H3/t18-/m0/s1. The largest absolute Gasteiger partial charge is 0.507 e. The number of phenols is 1. The molecule has 3 aromatic heterocycles. The summed E-state index contributed by atoms with van der Waals surface area (Å²) in [5, 5.41) is 11.1. The zero-order chi connectivity index (χ0) is 29.4. The van der Waals surface area contributed by atoms with E-state index in [1.54, 1.807) is 23.2 Å². The Bertz CT molecular complexity index is 1720. The third kappa shape index (κ3) is 5.04. The van der Waals surface area contributed by atoms with Crippen LogP contribution in [0.25, 0.3) is 28.0 Å². The van der Waals surface area contributed by atoms with Crippen molar-refractivity contribution in [2.24, 2.45) is 0 Å². The number of rotatable bonds is 6. The van der Waals surface area contributed by atoms with Crippen molar-refractivity contribution in [1.29, 1.82) is 0 Å². The van der Waals surface area contributed by atoms with E-state index in [2.05, 4.69) is 16.5 Å². The fourth-order valence-electron chi connectivity index (χ4n) is 5.38. The van der Waals surface area contributed by atoms with Crippen molar-refractivity contribution in [3.05, 3.63) is 81.8 Å². The summed E-state index contributed by atoms with van der Waals surface area (Å²) in [5.41, 5.74) is 1.48. The summed E-state index contributed by atoms with van der Waals surface area (Å²) in [5.74, 6) is -0.846. The van der Waals surface area contributed by atoms with E-state index in [9.17, 15) is 14.7 Å². The normalized spacial score (nSPS) is 15.4. The molecule has 1 saturated heterocycles. The van der Waals surface area contributed by atoms with Gasteiger partial charge in [0.2, 0.25) is 5.91 Å². The molecule has 4 aromatic rings. The number of anilines is 1. The van der Waals surface area contributed by atoms with Crippen LogP contribution in [0.2, 0.25) is 5.02 Å². The number of carbonyl (C=O) groups excluding carboxylic acids is 1. The van der Waals surface area contributed by atoms with Crippen LogP contribution >= 0.6 is 11.6 Å². The average Bonchev–Trinajstić information content (AvgIpc) is 2.94. The first kappa shape index (κ1) is 28.2. The van der Waals surface area contributed by atoms with Crippen LogP contribution in [0.4, 0.5) is 10.2 Å². The van der Waals surface area contributed by atoms with Gasteiger partial charge in [-0.1, -0.05) is 37.6 Å². The van der Waals surface area contributed by atoms with Gasteiger partial charge in [0.15, 0.2) is 5.65 Å². The van der Waals surface area contributed by atoms with Crippen molar-refractivity contribution < 1.29 is 14.3 Å². The number of pyridine rings is 2. The molecule has 0 aliphatic carbocycles. The molecule has 0 unspecified atom stereocenters. The van der Waals surface area contributed by atoms with Crippen LogP contribution in [0, 0.1) is 12.7 Å². The van der Waals surface area contributed by atoms with Crippen molar-refractivity contribution in [3.8, 4) is 22.7 Å². The number of benzene rings is 1. The highest BCUT2D eigenvalue weighted by atomic mass is 35.5. The number of hydrogen-bond donors (Lipinski definition) is 1. The van der Waals surface area contributed by atoms with E-state index in [1.165, 1.54) is 28.8 Å². The molecule has 212 valence electrons. The Morgan fingerprint density at radius 3 is 2.73 bits per heavy atom. The maximum absolute atomic E-state index is 15.0. The lowest BCUT2D eigenvalue weighted by Crippen LogP contribution is -2.54. The first-order valence-corrected chi connectivity index (χ1v) is 13.8. The zero-order valence-electron chi connectivity index (χ0n) is 23.1. The molecule has 9 nitrogen and oxygen atoms in total. The molecule has 41 heavy (non-hydrogen) atoms. The molecule has 0 spiro atoms. The topological polar surface area (TPSA) is 104 Å². The molecule has 0 bridgehead atoms. The number of aromatic nitrogens is 4. The number of nitrogens with zero attached hydrogens (tertiary/aromatic N) is 6. The molecule has 1 amide bonds. The summed E-state index contributed by atoms with van der Waals surface area (Å²) < 4.78 is 16.4. The van der Waals surface area contributed by atoms with E-state index in [0.717, 1.165) is 12.0 Å².